The Hall–Kier alpha value is -4.72. The van der Waals surface area contributed by atoms with E-state index in [4.69, 9.17) is 14.5 Å². The molecule has 1 aliphatic rings. The maximum atomic E-state index is 14.3. The topological polar surface area (TPSA) is 142 Å². The first-order valence-corrected chi connectivity index (χ1v) is 19.4. The number of aromatic nitrogens is 1. The van der Waals surface area contributed by atoms with Crippen LogP contribution in [0.25, 0.3) is 10.9 Å². The minimum Gasteiger partial charge on any atom is -0.497 e. The zero-order chi connectivity index (χ0) is 38.3. The van der Waals surface area contributed by atoms with Gasteiger partial charge in [-0.2, -0.15) is 4.31 Å². The highest BCUT2D eigenvalue weighted by Crippen LogP contribution is 2.28. The number of fused-ring (bicyclic) bond motifs is 1. The van der Waals surface area contributed by atoms with Gasteiger partial charge in [-0.15, -0.1) is 0 Å². The van der Waals surface area contributed by atoms with Crippen molar-refractivity contribution in [3.8, 4) is 11.5 Å². The molecule has 0 bridgehead atoms. The molecule has 1 saturated heterocycles. The number of para-hydroxylation sites is 1. The van der Waals surface area contributed by atoms with Crippen molar-refractivity contribution in [2.45, 2.75) is 63.7 Å². The number of nitrogens with one attached hydrogen (secondary N) is 1. The van der Waals surface area contributed by atoms with Crippen molar-refractivity contribution < 1.29 is 32.6 Å². The van der Waals surface area contributed by atoms with Crippen molar-refractivity contribution in [3.05, 3.63) is 96.2 Å². The first kappa shape index (κ1) is 39.5. The summed E-state index contributed by atoms with van der Waals surface area (Å²) in [5.74, 6) is 0.460. The highest BCUT2D eigenvalue weighted by atomic mass is 32.2. The average molecular weight is 746 g/mol. The van der Waals surface area contributed by atoms with Crippen molar-refractivity contribution in [2.75, 3.05) is 40.4 Å². The minimum absolute atomic E-state index is 0.0438. The Bertz CT molecular complexity index is 1960. The Balaban J connectivity index is 1.36. The molecule has 1 aromatic heterocycles. The fourth-order valence-corrected chi connectivity index (χ4v) is 8.40. The van der Waals surface area contributed by atoms with Gasteiger partial charge in [-0.25, -0.2) is 13.2 Å². The molecule has 0 radical (unpaired) electrons. The molecular formula is C40H51N5O7S. The van der Waals surface area contributed by atoms with Crippen LogP contribution in [0.15, 0.2) is 89.8 Å². The summed E-state index contributed by atoms with van der Waals surface area (Å²) in [7, 11) is -0.908. The Morgan fingerprint density at radius 1 is 0.925 bits per heavy atom. The van der Waals surface area contributed by atoms with Crippen molar-refractivity contribution in [2.24, 2.45) is 11.8 Å². The summed E-state index contributed by atoms with van der Waals surface area (Å²) in [5, 5.41) is 15.7. The average Bonchev–Trinajstić information content (AvgIpc) is 3.48. The van der Waals surface area contributed by atoms with E-state index in [1.807, 2.05) is 88.4 Å². The first-order valence-electron chi connectivity index (χ1n) is 18.0. The predicted octanol–water partition coefficient (Wildman–Crippen LogP) is 4.95. The molecule has 2 heterocycles. The van der Waals surface area contributed by atoms with Gasteiger partial charge in [-0.3, -0.25) is 9.78 Å². The Morgan fingerprint density at radius 2 is 1.60 bits per heavy atom. The summed E-state index contributed by atoms with van der Waals surface area (Å²) in [5.41, 5.74) is 2.28. The molecule has 3 amide bonds. The Morgan fingerprint density at radius 3 is 2.25 bits per heavy atom. The standard InChI is InChI=1S/C40H51N5O7S/c1-27(2)24-44(53(49,50)32-18-16-31(51-5)17-19-32)26-36(46)35(22-29-12-8-7-9-13-29)42-39(47)38(28(3)4)45-21-20-43(40(45)48)25-30-23-37(52-6)33-14-10-11-15-34(33)41-30/h7-19,23,27-28,35-36,38,46H,20-22,24-26H2,1-6H3,(H,42,47)/t35-,36+,38-/m0/s1. The number of ether oxygens (including phenoxy) is 2. The van der Waals surface area contributed by atoms with Crippen molar-refractivity contribution in [1.82, 2.24) is 24.4 Å². The van der Waals surface area contributed by atoms with Gasteiger partial charge in [0, 0.05) is 37.6 Å². The predicted molar refractivity (Wildman–Crippen MR) is 204 cm³/mol. The largest absolute Gasteiger partial charge is 0.497 e. The molecule has 0 aliphatic carbocycles. The summed E-state index contributed by atoms with van der Waals surface area (Å²) in [6.45, 7) is 8.44. The fourth-order valence-electron chi connectivity index (χ4n) is 6.78. The smallest absolute Gasteiger partial charge is 0.321 e. The summed E-state index contributed by atoms with van der Waals surface area (Å²) >= 11 is 0. The quantitative estimate of drug-likeness (QED) is 0.155. The Kier molecular flexibility index (Phi) is 13.0. The first-order chi connectivity index (χ1) is 25.3. The van der Waals surface area contributed by atoms with E-state index in [0.29, 0.717) is 30.3 Å². The SMILES string of the molecule is COc1ccc(S(=O)(=O)N(CC(C)C)C[C@@H](O)[C@H](Cc2ccccc2)NC(=O)[C@H](C(C)C)N2CCN(Cc3cc(OC)c4ccccc4n3)C2=O)cc1. The fraction of sp³-hybridized carbons (Fsp3) is 0.425. The second kappa shape index (κ2) is 17.4. The van der Waals surface area contributed by atoms with Gasteiger partial charge in [-0.1, -0.05) is 70.2 Å². The van der Waals surface area contributed by atoms with Gasteiger partial charge in [0.05, 0.1) is 49.0 Å². The van der Waals surface area contributed by atoms with Crippen LogP contribution in [0, 0.1) is 11.8 Å². The van der Waals surface area contributed by atoms with E-state index in [1.165, 1.54) is 23.5 Å². The molecule has 5 rings (SSSR count). The number of sulfonamides is 1. The number of aliphatic hydroxyl groups is 1. The van der Waals surface area contributed by atoms with Gasteiger partial charge in [0.15, 0.2) is 0 Å². The molecular weight excluding hydrogens is 695 g/mol. The molecule has 1 aliphatic heterocycles. The van der Waals surface area contributed by atoms with Crippen LogP contribution in [-0.2, 0) is 27.8 Å². The third kappa shape index (κ3) is 9.45. The highest BCUT2D eigenvalue weighted by Gasteiger charge is 2.40. The third-order valence-electron chi connectivity index (χ3n) is 9.41. The second-order valence-electron chi connectivity index (χ2n) is 14.2. The van der Waals surface area contributed by atoms with Crippen LogP contribution in [-0.4, -0.2) is 103 Å². The van der Waals surface area contributed by atoms with E-state index in [0.717, 1.165) is 16.5 Å². The van der Waals surface area contributed by atoms with Crippen LogP contribution < -0.4 is 14.8 Å². The Labute approximate surface area is 312 Å². The number of amides is 3. The van der Waals surface area contributed by atoms with Gasteiger partial charge in [0.1, 0.15) is 17.5 Å². The lowest BCUT2D eigenvalue weighted by Gasteiger charge is -2.34. The number of pyridine rings is 1. The summed E-state index contributed by atoms with van der Waals surface area (Å²) in [4.78, 5) is 36.2. The van der Waals surface area contributed by atoms with Crippen LogP contribution in [0.5, 0.6) is 11.5 Å². The number of methoxy groups -OCH3 is 2. The normalized spacial score (nSPS) is 15.3. The van der Waals surface area contributed by atoms with Crippen molar-refractivity contribution in [3.63, 3.8) is 0 Å². The van der Waals surface area contributed by atoms with Gasteiger partial charge in [0.2, 0.25) is 15.9 Å². The molecule has 0 saturated carbocycles. The van der Waals surface area contributed by atoms with Gasteiger partial charge in [0.25, 0.3) is 0 Å². The van der Waals surface area contributed by atoms with Crippen LogP contribution >= 0.6 is 0 Å². The molecule has 53 heavy (non-hydrogen) atoms. The van der Waals surface area contributed by atoms with Crippen LogP contribution in [0.4, 0.5) is 4.79 Å². The molecule has 4 aromatic rings. The molecule has 12 nitrogen and oxygen atoms in total. The zero-order valence-electron chi connectivity index (χ0n) is 31.3. The molecule has 0 unspecified atom stereocenters. The molecule has 284 valence electrons. The second-order valence-corrected chi connectivity index (χ2v) is 16.1. The van der Waals surface area contributed by atoms with E-state index in [1.54, 1.807) is 29.0 Å². The highest BCUT2D eigenvalue weighted by molar-refractivity contribution is 7.89. The van der Waals surface area contributed by atoms with E-state index in [9.17, 15) is 23.1 Å². The molecule has 3 atom stereocenters. The number of aliphatic hydroxyl groups excluding tert-OH is 1. The maximum absolute atomic E-state index is 14.3. The molecule has 1 fully saturated rings. The molecule has 3 aromatic carbocycles. The maximum Gasteiger partial charge on any atom is 0.321 e. The summed E-state index contributed by atoms with van der Waals surface area (Å²) < 4.78 is 39.9. The van der Waals surface area contributed by atoms with E-state index >= 15 is 0 Å². The lowest BCUT2D eigenvalue weighted by molar-refractivity contribution is -0.128. The number of urea groups is 1. The van der Waals surface area contributed by atoms with Crippen molar-refractivity contribution in [1.29, 1.82) is 0 Å². The van der Waals surface area contributed by atoms with Crippen LogP contribution in [0.2, 0.25) is 0 Å². The van der Waals surface area contributed by atoms with E-state index in [-0.39, 0.29) is 48.8 Å². The molecule has 2 N–H and O–H groups in total. The molecule has 0 spiro atoms. The monoisotopic (exact) mass is 745 g/mol. The number of benzene rings is 3. The molecule has 13 heteroatoms. The van der Waals surface area contributed by atoms with E-state index < -0.39 is 34.1 Å². The van der Waals surface area contributed by atoms with Crippen molar-refractivity contribution >= 4 is 32.9 Å². The number of carbonyl (C=O) groups excluding carboxylic acids is 2. The summed E-state index contributed by atoms with van der Waals surface area (Å²) in [6.07, 6.45) is -1.04. The number of rotatable bonds is 17. The van der Waals surface area contributed by atoms with Crippen LogP contribution in [0.3, 0.4) is 0 Å². The lowest BCUT2D eigenvalue weighted by atomic mass is 9.97. The minimum atomic E-state index is -4.02. The number of carbonyl (C=O) groups is 2. The van der Waals surface area contributed by atoms with Gasteiger partial charge < -0.3 is 29.7 Å². The van der Waals surface area contributed by atoms with Gasteiger partial charge in [-0.05, 0) is 60.2 Å². The number of nitrogens with zero attached hydrogens (tertiary/aromatic N) is 4. The van der Waals surface area contributed by atoms with E-state index in [2.05, 4.69) is 5.32 Å². The summed E-state index contributed by atoms with van der Waals surface area (Å²) in [6, 6.07) is 23.0. The third-order valence-corrected chi connectivity index (χ3v) is 11.3. The lowest BCUT2D eigenvalue weighted by Crippen LogP contribution is -2.57. The zero-order valence-corrected chi connectivity index (χ0v) is 32.1. The number of hydrogen-bond donors (Lipinski definition) is 2. The van der Waals surface area contributed by atoms with Gasteiger partial charge >= 0.3 is 6.03 Å². The van der Waals surface area contributed by atoms with Crippen LogP contribution in [0.1, 0.15) is 39.0 Å². The number of hydrogen-bond acceptors (Lipinski definition) is 8.